The highest BCUT2D eigenvalue weighted by Gasteiger charge is 2.16. The molecular weight excluding hydrogens is 190 g/mol. The quantitative estimate of drug-likeness (QED) is 0.829. The third kappa shape index (κ3) is 4.93. The molecule has 0 aliphatic carbocycles. The molecule has 0 spiro atoms. The van der Waals surface area contributed by atoms with Gasteiger partial charge in [-0.3, -0.25) is 0 Å². The lowest BCUT2D eigenvalue weighted by molar-refractivity contribution is 0.340. The van der Waals surface area contributed by atoms with Crippen LogP contribution < -0.4 is 5.32 Å². The number of rotatable bonds is 4. The Morgan fingerprint density at radius 3 is 2.33 bits per heavy atom. The number of nitrogens with zero attached hydrogens (tertiary/aromatic N) is 2. The molecule has 1 aromatic heterocycles. The molecule has 4 heteroatoms. The summed E-state index contributed by atoms with van der Waals surface area (Å²) in [5.41, 5.74) is 0.190. The summed E-state index contributed by atoms with van der Waals surface area (Å²) in [6.07, 6.45) is 0.821. The van der Waals surface area contributed by atoms with Gasteiger partial charge in [0.2, 0.25) is 11.8 Å². The van der Waals surface area contributed by atoms with Gasteiger partial charge < -0.3 is 9.73 Å². The van der Waals surface area contributed by atoms with E-state index in [9.17, 15) is 0 Å². The topological polar surface area (TPSA) is 51.0 Å². The monoisotopic (exact) mass is 211 g/mol. The third-order valence-corrected chi connectivity index (χ3v) is 1.85. The maximum Gasteiger partial charge on any atom is 0.230 e. The van der Waals surface area contributed by atoms with Gasteiger partial charge in [-0.2, -0.15) is 0 Å². The Bertz CT molecular complexity index is 299. The van der Waals surface area contributed by atoms with Crippen LogP contribution >= 0.6 is 0 Å². The minimum atomic E-state index is 0.190. The molecule has 15 heavy (non-hydrogen) atoms. The van der Waals surface area contributed by atoms with E-state index in [-0.39, 0.29) is 5.41 Å². The van der Waals surface area contributed by atoms with Gasteiger partial charge in [-0.25, -0.2) is 0 Å². The predicted molar refractivity (Wildman–Crippen MR) is 59.4 cm³/mol. The Morgan fingerprint density at radius 2 is 1.80 bits per heavy atom. The lowest BCUT2D eigenvalue weighted by atomic mass is 9.92. The minimum Gasteiger partial charge on any atom is -0.424 e. The van der Waals surface area contributed by atoms with Crippen LogP contribution in [-0.2, 0) is 13.0 Å². The van der Waals surface area contributed by atoms with Crippen molar-refractivity contribution in [3.63, 3.8) is 0 Å². The average molecular weight is 211 g/mol. The number of hydrogen-bond acceptors (Lipinski definition) is 4. The average Bonchev–Trinajstić information content (AvgIpc) is 2.45. The maximum absolute atomic E-state index is 5.53. The van der Waals surface area contributed by atoms with Gasteiger partial charge in [-0.1, -0.05) is 34.6 Å². The zero-order valence-corrected chi connectivity index (χ0v) is 10.3. The van der Waals surface area contributed by atoms with Crippen molar-refractivity contribution < 1.29 is 4.42 Å². The summed E-state index contributed by atoms with van der Waals surface area (Å²) in [5, 5.41) is 11.3. The van der Waals surface area contributed by atoms with Crippen molar-refractivity contribution in [2.45, 2.75) is 53.6 Å². The lowest BCUT2D eigenvalue weighted by Crippen LogP contribution is -2.21. The summed E-state index contributed by atoms with van der Waals surface area (Å²) >= 11 is 0. The highest BCUT2D eigenvalue weighted by molar-refractivity contribution is 4.85. The second-order valence-electron chi connectivity index (χ2n) is 5.36. The lowest BCUT2D eigenvalue weighted by Gasteiger charge is -2.14. The Kier molecular flexibility index (Phi) is 3.85. The van der Waals surface area contributed by atoms with Crippen LogP contribution in [0.5, 0.6) is 0 Å². The van der Waals surface area contributed by atoms with Gasteiger partial charge in [-0.05, 0) is 5.41 Å². The fraction of sp³-hybridized carbons (Fsp3) is 0.818. The van der Waals surface area contributed by atoms with Gasteiger partial charge in [0.25, 0.3) is 0 Å². The molecule has 86 valence electrons. The fourth-order valence-corrected chi connectivity index (χ4v) is 1.18. The van der Waals surface area contributed by atoms with E-state index in [0.717, 1.165) is 12.3 Å². The summed E-state index contributed by atoms with van der Waals surface area (Å²) in [5.74, 6) is 1.39. The van der Waals surface area contributed by atoms with Crippen molar-refractivity contribution in [2.75, 3.05) is 0 Å². The molecule has 0 saturated heterocycles. The molecule has 0 aliphatic heterocycles. The first-order valence-electron chi connectivity index (χ1n) is 5.41. The molecule has 0 radical (unpaired) electrons. The molecule has 1 N–H and O–H groups in total. The second-order valence-corrected chi connectivity index (χ2v) is 5.36. The molecule has 1 heterocycles. The van der Waals surface area contributed by atoms with Crippen LogP contribution in [0.25, 0.3) is 0 Å². The van der Waals surface area contributed by atoms with E-state index in [1.807, 2.05) is 0 Å². The zero-order valence-electron chi connectivity index (χ0n) is 10.3. The van der Waals surface area contributed by atoms with E-state index in [0.29, 0.717) is 18.5 Å². The van der Waals surface area contributed by atoms with E-state index in [1.165, 1.54) is 0 Å². The highest BCUT2D eigenvalue weighted by Crippen LogP contribution is 2.19. The van der Waals surface area contributed by atoms with E-state index < -0.39 is 0 Å². The van der Waals surface area contributed by atoms with E-state index in [1.54, 1.807) is 0 Å². The molecule has 0 amide bonds. The first-order chi connectivity index (χ1) is 6.87. The van der Waals surface area contributed by atoms with Crippen LogP contribution in [0, 0.1) is 5.41 Å². The molecule has 0 saturated carbocycles. The van der Waals surface area contributed by atoms with Gasteiger partial charge in [-0.15, -0.1) is 10.2 Å². The predicted octanol–water partition coefficient (Wildman–Crippen LogP) is 2.16. The summed E-state index contributed by atoms with van der Waals surface area (Å²) in [7, 11) is 0. The summed E-state index contributed by atoms with van der Waals surface area (Å²) < 4.78 is 5.53. The second kappa shape index (κ2) is 4.75. The Hall–Kier alpha value is -0.900. The molecule has 1 aromatic rings. The molecule has 0 bridgehead atoms. The van der Waals surface area contributed by atoms with Crippen molar-refractivity contribution in [3.05, 3.63) is 11.8 Å². The van der Waals surface area contributed by atoms with Crippen molar-refractivity contribution in [3.8, 4) is 0 Å². The van der Waals surface area contributed by atoms with Gasteiger partial charge in [0.05, 0.1) is 6.54 Å². The first-order valence-corrected chi connectivity index (χ1v) is 5.41. The molecule has 4 nitrogen and oxygen atoms in total. The van der Waals surface area contributed by atoms with Crippen molar-refractivity contribution >= 4 is 0 Å². The van der Waals surface area contributed by atoms with Crippen molar-refractivity contribution in [1.82, 2.24) is 15.5 Å². The van der Waals surface area contributed by atoms with Gasteiger partial charge in [0, 0.05) is 12.5 Å². The van der Waals surface area contributed by atoms with Crippen LogP contribution in [0.3, 0.4) is 0 Å². The summed E-state index contributed by atoms with van der Waals surface area (Å²) in [6, 6.07) is 0.433. The van der Waals surface area contributed by atoms with E-state index in [2.05, 4.69) is 50.1 Å². The summed E-state index contributed by atoms with van der Waals surface area (Å²) in [4.78, 5) is 0. The molecular formula is C11H21N3O. The minimum absolute atomic E-state index is 0.190. The Labute approximate surface area is 91.5 Å². The van der Waals surface area contributed by atoms with Crippen LogP contribution in [0.2, 0.25) is 0 Å². The molecule has 0 fully saturated rings. The fourth-order valence-electron chi connectivity index (χ4n) is 1.18. The smallest absolute Gasteiger partial charge is 0.230 e. The Morgan fingerprint density at radius 1 is 1.20 bits per heavy atom. The highest BCUT2D eigenvalue weighted by atomic mass is 16.4. The standard InChI is InChI=1S/C11H21N3O/c1-8(2)12-7-10-14-13-9(15-10)6-11(3,4)5/h8,12H,6-7H2,1-5H3. The number of aromatic nitrogens is 2. The maximum atomic E-state index is 5.53. The van der Waals surface area contributed by atoms with E-state index >= 15 is 0 Å². The molecule has 0 aliphatic rings. The van der Waals surface area contributed by atoms with Crippen molar-refractivity contribution in [2.24, 2.45) is 5.41 Å². The van der Waals surface area contributed by atoms with Gasteiger partial charge in [0.1, 0.15) is 0 Å². The van der Waals surface area contributed by atoms with Crippen LogP contribution in [0.1, 0.15) is 46.4 Å². The van der Waals surface area contributed by atoms with Gasteiger partial charge in [0.15, 0.2) is 0 Å². The SMILES string of the molecule is CC(C)NCc1nnc(CC(C)(C)C)o1. The van der Waals surface area contributed by atoms with Gasteiger partial charge >= 0.3 is 0 Å². The van der Waals surface area contributed by atoms with Crippen LogP contribution in [-0.4, -0.2) is 16.2 Å². The van der Waals surface area contributed by atoms with Crippen molar-refractivity contribution in [1.29, 1.82) is 0 Å². The zero-order chi connectivity index (χ0) is 11.5. The largest absolute Gasteiger partial charge is 0.424 e. The molecule has 1 rings (SSSR count). The molecule has 0 aromatic carbocycles. The van der Waals surface area contributed by atoms with Crippen LogP contribution in [0.4, 0.5) is 0 Å². The third-order valence-electron chi connectivity index (χ3n) is 1.85. The number of hydrogen-bond donors (Lipinski definition) is 1. The number of nitrogens with one attached hydrogen (secondary N) is 1. The van der Waals surface area contributed by atoms with Crippen LogP contribution in [0.15, 0.2) is 4.42 Å². The summed E-state index contributed by atoms with van der Waals surface area (Å²) in [6.45, 7) is 11.3. The molecule has 0 unspecified atom stereocenters. The normalized spacial score (nSPS) is 12.4. The van der Waals surface area contributed by atoms with E-state index in [4.69, 9.17) is 4.42 Å². The first kappa shape index (κ1) is 12.2. The molecule has 0 atom stereocenters. The Balaban J connectivity index is 2.49.